The van der Waals surface area contributed by atoms with Gasteiger partial charge in [0.05, 0.1) is 22.8 Å². The molecule has 5 aromatic rings. The van der Waals surface area contributed by atoms with Crippen molar-refractivity contribution in [3.05, 3.63) is 103 Å². The third-order valence-corrected chi connectivity index (χ3v) is 9.09. The van der Waals surface area contributed by atoms with Crippen LogP contribution in [0, 0.1) is 0 Å². The molecule has 242 valence electrons. The topological polar surface area (TPSA) is 211 Å². The number of azo groups is 2. The molecule has 1 heterocycles. The molecule has 0 saturated carbocycles. The van der Waals surface area contributed by atoms with E-state index in [4.69, 9.17) is 0 Å². The van der Waals surface area contributed by atoms with Crippen LogP contribution in [-0.4, -0.2) is 48.7 Å². The van der Waals surface area contributed by atoms with Crippen LogP contribution in [0.5, 0.6) is 5.75 Å². The first-order valence-electron chi connectivity index (χ1n) is 14.0. The quantitative estimate of drug-likeness (QED) is 0.114. The van der Waals surface area contributed by atoms with Crippen LogP contribution in [0.4, 0.5) is 22.7 Å². The Bertz CT molecular complexity index is 2410. The van der Waals surface area contributed by atoms with Crippen LogP contribution in [-0.2, 0) is 25.0 Å². The molecule has 0 bridgehead atoms. The van der Waals surface area contributed by atoms with E-state index >= 15 is 0 Å². The molecule has 1 aliphatic heterocycles. The number of hydrogen-bond donors (Lipinski definition) is 3. The minimum atomic E-state index is -5.00. The largest absolute Gasteiger partial charge is 0.506 e. The highest BCUT2D eigenvalue weighted by Crippen LogP contribution is 2.39. The van der Waals surface area contributed by atoms with Crippen molar-refractivity contribution in [2.45, 2.75) is 22.8 Å². The molecule has 0 spiro atoms. The van der Waals surface area contributed by atoms with Crippen LogP contribution in [0.15, 0.2) is 138 Å². The summed E-state index contributed by atoms with van der Waals surface area (Å²) < 4.78 is 70.2. The summed E-state index contributed by atoms with van der Waals surface area (Å²) in [6.07, 6.45) is 0. The Hall–Kier alpha value is -5.68. The zero-order valence-corrected chi connectivity index (χ0v) is 26.4. The second-order valence-corrected chi connectivity index (χ2v) is 13.3. The number of carbonyl (C=O) groups is 1. The number of para-hydroxylation sites is 1. The second-order valence-electron chi connectivity index (χ2n) is 10.5. The van der Waals surface area contributed by atoms with Crippen LogP contribution in [0.2, 0.25) is 0 Å². The molecule has 48 heavy (non-hydrogen) atoms. The molecule has 1 amide bonds. The zero-order chi connectivity index (χ0) is 34.2. The fraction of sp³-hybridized carbons (Fsp3) is 0.0625. The summed E-state index contributed by atoms with van der Waals surface area (Å²) >= 11 is 0. The summed E-state index contributed by atoms with van der Waals surface area (Å²) in [6.45, 7) is 1.59. The minimum Gasteiger partial charge on any atom is -0.506 e. The number of amides is 1. The maximum Gasteiger partial charge on any atom is 0.295 e. The molecular formula is C32H24N6O8S2. The maximum absolute atomic E-state index is 13.0. The van der Waals surface area contributed by atoms with E-state index in [0.717, 1.165) is 17.5 Å². The molecule has 1 unspecified atom stereocenters. The molecule has 0 aromatic heterocycles. The van der Waals surface area contributed by atoms with E-state index in [0.29, 0.717) is 16.8 Å². The highest BCUT2D eigenvalue weighted by Gasteiger charge is 2.34. The lowest BCUT2D eigenvalue weighted by Crippen LogP contribution is -2.29. The number of hydrogen-bond acceptors (Lipinski definition) is 11. The fourth-order valence-electron chi connectivity index (χ4n) is 5.04. The van der Waals surface area contributed by atoms with E-state index in [1.807, 2.05) is 6.07 Å². The minimum absolute atomic E-state index is 0.0552. The SMILES string of the molecule is CC1=NN(c2ccccc2)C(=O)C1N=Nc1ccc(-c2ccc(N=Nc3c(O)ccc4ccccc34)cc2S(=O)(=O)O)c(S(=O)(=O)O)c1. The van der Waals surface area contributed by atoms with Gasteiger partial charge in [-0.25, -0.2) is 0 Å². The molecule has 6 rings (SSSR count). The van der Waals surface area contributed by atoms with Gasteiger partial charge in [-0.05, 0) is 54.8 Å². The van der Waals surface area contributed by atoms with Crippen LogP contribution in [0.25, 0.3) is 21.9 Å². The van der Waals surface area contributed by atoms with Crippen molar-refractivity contribution in [1.29, 1.82) is 0 Å². The standard InChI is InChI=1S/C32H24N6O8S2/c1-19-30(32(40)38(37-19)23-8-3-2-4-9-23)35-33-21-12-14-25(28(17-21)47(41,42)43)26-15-13-22(18-29(26)48(44,45)46)34-36-31-24-10-6-5-7-20(24)11-16-27(31)39/h2-18,30,39H,1H3,(H,41,42,43)(H,44,45,46). The lowest BCUT2D eigenvalue weighted by atomic mass is 10.0. The van der Waals surface area contributed by atoms with E-state index in [-0.39, 0.29) is 33.9 Å². The number of carbonyl (C=O) groups excluding carboxylic acids is 1. The van der Waals surface area contributed by atoms with E-state index in [9.17, 15) is 35.8 Å². The van der Waals surface area contributed by atoms with Crippen molar-refractivity contribution >= 4 is 65.4 Å². The van der Waals surface area contributed by atoms with Gasteiger partial charge >= 0.3 is 0 Å². The number of anilines is 1. The van der Waals surface area contributed by atoms with Gasteiger partial charge in [0, 0.05) is 16.5 Å². The highest BCUT2D eigenvalue weighted by molar-refractivity contribution is 7.86. The molecular weight excluding hydrogens is 661 g/mol. The molecule has 1 atom stereocenters. The average Bonchev–Trinajstić information content (AvgIpc) is 3.35. The molecule has 0 radical (unpaired) electrons. The Labute approximate surface area is 273 Å². The van der Waals surface area contributed by atoms with Crippen molar-refractivity contribution in [3.63, 3.8) is 0 Å². The van der Waals surface area contributed by atoms with Crippen molar-refractivity contribution < 1.29 is 35.8 Å². The molecule has 14 nitrogen and oxygen atoms in total. The maximum atomic E-state index is 13.0. The van der Waals surface area contributed by atoms with Gasteiger partial charge in [0.15, 0.2) is 6.04 Å². The summed E-state index contributed by atoms with van der Waals surface area (Å²) in [6, 6.07) is 24.6. The molecule has 16 heteroatoms. The van der Waals surface area contributed by atoms with Crippen LogP contribution >= 0.6 is 0 Å². The van der Waals surface area contributed by atoms with Crippen LogP contribution < -0.4 is 5.01 Å². The first-order chi connectivity index (χ1) is 22.8. The number of rotatable bonds is 8. The van der Waals surface area contributed by atoms with Gasteiger partial charge in [-0.2, -0.15) is 42.3 Å². The molecule has 0 aliphatic carbocycles. The molecule has 3 N–H and O–H groups in total. The zero-order valence-electron chi connectivity index (χ0n) is 24.8. The summed E-state index contributed by atoms with van der Waals surface area (Å²) in [5.41, 5.74) is 0.269. The number of benzene rings is 5. The predicted molar refractivity (Wildman–Crippen MR) is 177 cm³/mol. The number of nitrogens with zero attached hydrogens (tertiary/aromatic N) is 6. The number of aromatic hydroxyl groups is 1. The smallest absolute Gasteiger partial charge is 0.295 e. The molecule has 1 aliphatic rings. The van der Waals surface area contributed by atoms with Gasteiger partial charge < -0.3 is 5.11 Å². The normalized spacial score (nSPS) is 15.6. The van der Waals surface area contributed by atoms with Gasteiger partial charge in [0.2, 0.25) is 0 Å². The van der Waals surface area contributed by atoms with Gasteiger partial charge in [-0.3, -0.25) is 13.9 Å². The number of fused-ring (bicyclic) bond motifs is 1. The third kappa shape index (κ3) is 6.45. The Morgan fingerprint density at radius 3 is 1.92 bits per heavy atom. The highest BCUT2D eigenvalue weighted by atomic mass is 32.2. The summed E-state index contributed by atoms with van der Waals surface area (Å²) in [5, 5.41) is 33.3. The number of phenols is 1. The van der Waals surface area contributed by atoms with Gasteiger partial charge in [-0.1, -0.05) is 60.7 Å². The van der Waals surface area contributed by atoms with Crippen LogP contribution in [0.3, 0.4) is 0 Å². The van der Waals surface area contributed by atoms with Gasteiger partial charge in [-0.15, -0.1) is 5.11 Å². The Kier molecular flexibility index (Phi) is 8.40. The van der Waals surface area contributed by atoms with E-state index in [2.05, 4.69) is 25.6 Å². The number of phenolic OH excluding ortho intramolecular Hbond substituents is 1. The third-order valence-electron chi connectivity index (χ3n) is 7.31. The Morgan fingerprint density at radius 2 is 1.29 bits per heavy atom. The Morgan fingerprint density at radius 1 is 0.708 bits per heavy atom. The molecule has 0 saturated heterocycles. The summed E-state index contributed by atoms with van der Waals surface area (Å²) in [4.78, 5) is 11.5. The van der Waals surface area contributed by atoms with Crippen molar-refractivity contribution in [3.8, 4) is 16.9 Å². The first-order valence-corrected chi connectivity index (χ1v) is 16.9. The van der Waals surface area contributed by atoms with Crippen molar-refractivity contribution in [1.82, 2.24) is 0 Å². The average molecular weight is 685 g/mol. The lowest BCUT2D eigenvalue weighted by molar-refractivity contribution is -0.117. The van der Waals surface area contributed by atoms with Gasteiger partial charge in [0.1, 0.15) is 21.2 Å². The Balaban J connectivity index is 1.35. The molecule has 0 fully saturated rings. The monoisotopic (exact) mass is 684 g/mol. The number of hydrazone groups is 1. The summed E-state index contributed by atoms with van der Waals surface area (Å²) in [7, 11) is -9.99. The second kappa shape index (κ2) is 12.5. The summed E-state index contributed by atoms with van der Waals surface area (Å²) in [5.74, 6) is -0.660. The van der Waals surface area contributed by atoms with E-state index in [1.54, 1.807) is 61.5 Å². The van der Waals surface area contributed by atoms with Gasteiger partial charge in [0.25, 0.3) is 26.1 Å². The first kappa shape index (κ1) is 32.3. The van der Waals surface area contributed by atoms with Crippen LogP contribution in [0.1, 0.15) is 6.92 Å². The van der Waals surface area contributed by atoms with E-state index in [1.165, 1.54) is 35.3 Å². The molecule has 5 aromatic carbocycles. The fourth-order valence-corrected chi connectivity index (χ4v) is 6.49. The van der Waals surface area contributed by atoms with Crippen molar-refractivity contribution in [2.75, 3.05) is 5.01 Å². The van der Waals surface area contributed by atoms with Crippen molar-refractivity contribution in [2.24, 2.45) is 25.6 Å². The lowest BCUT2D eigenvalue weighted by Gasteiger charge is -2.13. The predicted octanol–water partition coefficient (Wildman–Crippen LogP) is 7.00. The van der Waals surface area contributed by atoms with E-state index < -0.39 is 42.0 Å².